The summed E-state index contributed by atoms with van der Waals surface area (Å²) in [5, 5.41) is 3.26. The Morgan fingerprint density at radius 1 is 1.13 bits per heavy atom. The van der Waals surface area contributed by atoms with E-state index >= 15 is 0 Å². The average molecular weight is 207 g/mol. The van der Waals surface area contributed by atoms with Gasteiger partial charge in [-0.15, -0.1) is 0 Å². The first kappa shape index (κ1) is 14.2. The van der Waals surface area contributed by atoms with E-state index in [-0.39, 0.29) is 5.41 Å². The minimum Gasteiger partial charge on any atom is -0.319 e. The summed E-state index contributed by atoms with van der Waals surface area (Å²) in [5.41, 5.74) is 1.70. The van der Waals surface area contributed by atoms with Gasteiger partial charge < -0.3 is 5.32 Å². The van der Waals surface area contributed by atoms with E-state index < -0.39 is 0 Å². The first-order chi connectivity index (χ1) is 7.23. The lowest BCUT2D eigenvalue weighted by atomic mass is 9.80. The molecule has 0 aromatic heterocycles. The molecule has 1 aromatic rings. The van der Waals surface area contributed by atoms with Crippen LogP contribution in [0.25, 0.3) is 0 Å². The third kappa shape index (κ3) is 4.05. The lowest BCUT2D eigenvalue weighted by molar-refractivity contribution is 0.434. The second-order valence-corrected chi connectivity index (χ2v) is 3.81. The van der Waals surface area contributed by atoms with Gasteiger partial charge in [-0.05, 0) is 19.0 Å². The van der Waals surface area contributed by atoms with Crippen molar-refractivity contribution in [1.29, 1.82) is 0 Å². The molecule has 15 heavy (non-hydrogen) atoms. The smallest absolute Gasteiger partial charge is 0.00468 e. The number of benzene rings is 1. The highest BCUT2D eigenvalue weighted by Gasteiger charge is 2.22. The molecule has 1 atom stereocenters. The van der Waals surface area contributed by atoms with Crippen LogP contribution in [0.5, 0.6) is 0 Å². The first-order valence-corrected chi connectivity index (χ1v) is 5.93. The summed E-state index contributed by atoms with van der Waals surface area (Å²) in [6.07, 6.45) is 1.16. The van der Waals surface area contributed by atoms with Gasteiger partial charge in [0.15, 0.2) is 0 Å². The largest absolute Gasteiger partial charge is 0.319 e. The van der Waals surface area contributed by atoms with E-state index in [1.165, 1.54) is 5.56 Å². The average Bonchev–Trinajstić information content (AvgIpc) is 2.33. The van der Waals surface area contributed by atoms with Crippen LogP contribution >= 0.6 is 0 Å². The third-order valence-corrected chi connectivity index (χ3v) is 2.82. The second-order valence-electron chi connectivity index (χ2n) is 3.81. The number of likely N-dealkylation sites (N-methyl/N-ethyl adjacent to an activating group) is 1. The summed E-state index contributed by atoms with van der Waals surface area (Å²) in [6, 6.07) is 10.7. The molecule has 1 unspecified atom stereocenters. The van der Waals surface area contributed by atoms with Crippen molar-refractivity contribution in [1.82, 2.24) is 5.32 Å². The Hall–Kier alpha value is -0.820. The molecule has 1 rings (SSSR count). The fraction of sp³-hybridized carbons (Fsp3) is 0.571. The number of nitrogens with one attached hydrogen (secondary N) is 1. The summed E-state index contributed by atoms with van der Waals surface area (Å²) in [6.45, 7) is 9.58. The van der Waals surface area contributed by atoms with Gasteiger partial charge >= 0.3 is 0 Å². The quantitative estimate of drug-likeness (QED) is 0.795. The van der Waals surface area contributed by atoms with Crippen molar-refractivity contribution in [2.45, 2.75) is 39.5 Å². The van der Waals surface area contributed by atoms with Crippen molar-refractivity contribution in [3.05, 3.63) is 35.9 Å². The molecule has 1 aromatic carbocycles. The molecule has 0 saturated heterocycles. The van der Waals surface area contributed by atoms with Crippen LogP contribution in [-0.4, -0.2) is 13.6 Å². The number of hydrogen-bond acceptors (Lipinski definition) is 1. The summed E-state index contributed by atoms with van der Waals surface area (Å²) in [4.78, 5) is 0. The van der Waals surface area contributed by atoms with Gasteiger partial charge in [0.1, 0.15) is 0 Å². The van der Waals surface area contributed by atoms with Crippen LogP contribution in [0.15, 0.2) is 30.3 Å². The molecule has 1 nitrogen and oxygen atoms in total. The van der Waals surface area contributed by atoms with Crippen LogP contribution in [0.2, 0.25) is 0 Å². The Morgan fingerprint density at radius 3 is 2.07 bits per heavy atom. The zero-order chi connectivity index (χ0) is 11.7. The Balaban J connectivity index is 0.000000921. The van der Waals surface area contributed by atoms with Crippen molar-refractivity contribution in [2.75, 3.05) is 13.6 Å². The highest BCUT2D eigenvalue weighted by Crippen LogP contribution is 2.26. The van der Waals surface area contributed by atoms with Gasteiger partial charge in [0.25, 0.3) is 0 Å². The lowest BCUT2D eigenvalue weighted by Crippen LogP contribution is -2.33. The minimum absolute atomic E-state index is 0.274. The molecule has 0 fully saturated rings. The maximum absolute atomic E-state index is 3.26. The van der Waals surface area contributed by atoms with Crippen molar-refractivity contribution in [2.24, 2.45) is 0 Å². The van der Waals surface area contributed by atoms with Crippen molar-refractivity contribution in [3.63, 3.8) is 0 Å². The fourth-order valence-electron chi connectivity index (χ4n) is 1.66. The molecule has 1 heteroatoms. The fourth-order valence-corrected chi connectivity index (χ4v) is 1.66. The normalized spacial score (nSPS) is 13.7. The van der Waals surface area contributed by atoms with Crippen LogP contribution in [-0.2, 0) is 5.41 Å². The van der Waals surface area contributed by atoms with E-state index in [0.717, 1.165) is 13.0 Å². The highest BCUT2D eigenvalue weighted by molar-refractivity contribution is 5.24. The molecule has 1 N–H and O–H groups in total. The van der Waals surface area contributed by atoms with Crippen LogP contribution in [0.3, 0.4) is 0 Å². The monoisotopic (exact) mass is 207 g/mol. The molecule has 0 radical (unpaired) electrons. The maximum atomic E-state index is 3.26. The second kappa shape index (κ2) is 7.47. The summed E-state index contributed by atoms with van der Waals surface area (Å²) in [7, 11) is 2.01. The first-order valence-electron chi connectivity index (χ1n) is 5.93. The Morgan fingerprint density at radius 2 is 1.67 bits per heavy atom. The van der Waals surface area contributed by atoms with Gasteiger partial charge in [0, 0.05) is 12.0 Å². The molecule has 0 saturated carbocycles. The van der Waals surface area contributed by atoms with Crippen LogP contribution in [0.1, 0.15) is 39.7 Å². The van der Waals surface area contributed by atoms with E-state index in [2.05, 4.69) is 49.5 Å². The molecular weight excluding hydrogens is 182 g/mol. The Labute approximate surface area is 94.9 Å². The summed E-state index contributed by atoms with van der Waals surface area (Å²) < 4.78 is 0. The standard InChI is InChI=1S/C12H19N.C2H6/c1-4-12(2,10-13-3)11-8-6-5-7-9-11;1-2/h5-9,13H,4,10H2,1-3H3;1-2H3. The molecular formula is C14H25N. The molecule has 0 amide bonds. The molecule has 0 bridgehead atoms. The van der Waals surface area contributed by atoms with Gasteiger partial charge in [-0.3, -0.25) is 0 Å². The van der Waals surface area contributed by atoms with Gasteiger partial charge in [-0.1, -0.05) is 58.0 Å². The van der Waals surface area contributed by atoms with Crippen molar-refractivity contribution in [3.8, 4) is 0 Å². The number of rotatable bonds is 4. The SMILES string of the molecule is CC.CCC(C)(CNC)c1ccccc1. The van der Waals surface area contributed by atoms with Crippen LogP contribution in [0, 0.1) is 0 Å². The number of hydrogen-bond donors (Lipinski definition) is 1. The van der Waals surface area contributed by atoms with E-state index in [1.54, 1.807) is 0 Å². The predicted molar refractivity (Wildman–Crippen MR) is 69.4 cm³/mol. The van der Waals surface area contributed by atoms with Crippen LogP contribution < -0.4 is 5.32 Å². The van der Waals surface area contributed by atoms with Gasteiger partial charge in [-0.2, -0.15) is 0 Å². The Bertz CT molecular complexity index is 243. The molecule has 86 valence electrons. The van der Waals surface area contributed by atoms with Crippen LogP contribution in [0.4, 0.5) is 0 Å². The van der Waals surface area contributed by atoms with E-state index in [9.17, 15) is 0 Å². The van der Waals surface area contributed by atoms with E-state index in [0.29, 0.717) is 0 Å². The minimum atomic E-state index is 0.274. The van der Waals surface area contributed by atoms with Gasteiger partial charge in [0.05, 0.1) is 0 Å². The third-order valence-electron chi connectivity index (χ3n) is 2.82. The molecule has 0 spiro atoms. The summed E-state index contributed by atoms with van der Waals surface area (Å²) >= 11 is 0. The molecule has 0 aliphatic heterocycles. The Kier molecular flexibility index (Phi) is 7.06. The predicted octanol–water partition coefficient (Wildman–Crippen LogP) is 3.60. The molecule has 0 aliphatic carbocycles. The topological polar surface area (TPSA) is 12.0 Å². The van der Waals surface area contributed by atoms with Gasteiger partial charge in [0.2, 0.25) is 0 Å². The van der Waals surface area contributed by atoms with E-state index in [1.807, 2.05) is 20.9 Å². The van der Waals surface area contributed by atoms with Crippen molar-refractivity contribution >= 4 is 0 Å². The van der Waals surface area contributed by atoms with Crippen molar-refractivity contribution < 1.29 is 0 Å². The zero-order valence-corrected chi connectivity index (χ0v) is 10.8. The molecule has 0 heterocycles. The van der Waals surface area contributed by atoms with Gasteiger partial charge in [-0.25, -0.2) is 0 Å². The summed E-state index contributed by atoms with van der Waals surface area (Å²) in [5.74, 6) is 0. The maximum Gasteiger partial charge on any atom is 0.00468 e. The lowest BCUT2D eigenvalue weighted by Gasteiger charge is -2.28. The highest BCUT2D eigenvalue weighted by atomic mass is 14.8. The zero-order valence-electron chi connectivity index (χ0n) is 10.8. The van der Waals surface area contributed by atoms with E-state index in [4.69, 9.17) is 0 Å². The molecule has 0 aliphatic rings.